The van der Waals surface area contributed by atoms with Crippen LogP contribution < -0.4 is 4.90 Å². The zero-order chi connectivity index (χ0) is 37.7. The Balaban J connectivity index is 0.987. The molecule has 0 saturated heterocycles. The summed E-state index contributed by atoms with van der Waals surface area (Å²) in [5.74, 6) is 0.984. The van der Waals surface area contributed by atoms with E-state index in [9.17, 15) is 0 Å². The summed E-state index contributed by atoms with van der Waals surface area (Å²) in [6.45, 7) is 0. The zero-order valence-corrected chi connectivity index (χ0v) is 31.2. The first kappa shape index (κ1) is 33.0. The summed E-state index contributed by atoms with van der Waals surface area (Å²) < 4.78 is 13.0. The van der Waals surface area contributed by atoms with Crippen molar-refractivity contribution in [3.63, 3.8) is 0 Å². The van der Waals surface area contributed by atoms with Gasteiger partial charge in [-0.25, -0.2) is 0 Å². The molecule has 0 radical (unpaired) electrons. The van der Waals surface area contributed by atoms with E-state index in [-0.39, 0.29) is 0 Å². The SMILES string of the molecule is C1=C(c2cccc(N(c3ccc(-c4ccc(-c5ccccc5)cc4)cc3)c3ccc(-c4cccc5c4oc4ccccc45)cc3)c2)c2oc3ccccc3c2CC1. The molecule has 3 nitrogen and oxygen atoms in total. The van der Waals surface area contributed by atoms with Crippen molar-refractivity contribution in [3.05, 3.63) is 217 Å². The van der Waals surface area contributed by atoms with Crippen LogP contribution in [0.5, 0.6) is 0 Å². The van der Waals surface area contributed by atoms with Gasteiger partial charge in [0.2, 0.25) is 0 Å². The van der Waals surface area contributed by atoms with E-state index in [1.54, 1.807) is 0 Å². The number of aryl methyl sites for hydroxylation is 1. The van der Waals surface area contributed by atoms with Gasteiger partial charge >= 0.3 is 0 Å². The minimum Gasteiger partial charge on any atom is -0.456 e. The van der Waals surface area contributed by atoms with Crippen LogP contribution in [-0.4, -0.2) is 0 Å². The highest BCUT2D eigenvalue weighted by Crippen LogP contribution is 2.43. The third-order valence-electron chi connectivity index (χ3n) is 11.4. The standard InChI is InChI=1S/C54H37NO2/c1-2-11-36(12-3-1)37-23-25-38(26-24-37)39-27-31-42(32-28-39)55(43-33-29-40(30-34-43)45-17-9-19-49-47-15-4-6-21-51(47)56-53(45)49)44-14-8-13-41(35-44)46-18-10-20-50-48-16-5-7-22-52(48)57-54(46)50/h1-9,11-19,21-35H,10,20H2. The molecule has 2 heterocycles. The molecule has 0 atom stereocenters. The number of furan rings is 2. The Morgan fingerprint density at radius 2 is 0.930 bits per heavy atom. The first-order valence-electron chi connectivity index (χ1n) is 19.6. The summed E-state index contributed by atoms with van der Waals surface area (Å²) in [6.07, 6.45) is 4.30. The Morgan fingerprint density at radius 1 is 0.386 bits per heavy atom. The summed E-state index contributed by atoms with van der Waals surface area (Å²) in [5, 5.41) is 3.48. The molecule has 270 valence electrons. The largest absolute Gasteiger partial charge is 0.456 e. The summed E-state index contributed by atoms with van der Waals surface area (Å²) in [5.41, 5.74) is 16.5. The predicted molar refractivity (Wildman–Crippen MR) is 236 cm³/mol. The van der Waals surface area contributed by atoms with Crippen molar-refractivity contribution in [2.75, 3.05) is 4.90 Å². The highest BCUT2D eigenvalue weighted by molar-refractivity contribution is 6.09. The lowest BCUT2D eigenvalue weighted by Crippen LogP contribution is -2.10. The van der Waals surface area contributed by atoms with Crippen LogP contribution in [0, 0.1) is 0 Å². The molecule has 0 N–H and O–H groups in total. The van der Waals surface area contributed by atoms with Crippen molar-refractivity contribution in [1.82, 2.24) is 0 Å². The number of hydrogen-bond donors (Lipinski definition) is 0. The molecule has 0 saturated carbocycles. The first-order chi connectivity index (χ1) is 28.2. The van der Waals surface area contributed by atoms with Crippen LogP contribution in [0.1, 0.15) is 23.3 Å². The molecule has 1 aliphatic rings. The van der Waals surface area contributed by atoms with Gasteiger partial charge in [-0.15, -0.1) is 0 Å². The van der Waals surface area contributed by atoms with Gasteiger partial charge in [0.05, 0.1) is 0 Å². The van der Waals surface area contributed by atoms with E-state index in [0.29, 0.717) is 0 Å². The number of rotatable bonds is 7. The van der Waals surface area contributed by atoms with Crippen molar-refractivity contribution < 1.29 is 8.83 Å². The van der Waals surface area contributed by atoms with Gasteiger partial charge in [0.25, 0.3) is 0 Å². The normalized spacial score (nSPS) is 12.5. The molecule has 57 heavy (non-hydrogen) atoms. The highest BCUT2D eigenvalue weighted by Gasteiger charge is 2.23. The van der Waals surface area contributed by atoms with E-state index in [1.807, 2.05) is 18.2 Å². The van der Waals surface area contributed by atoms with Gasteiger partial charge in [-0.05, 0) is 94.8 Å². The smallest absolute Gasteiger partial charge is 0.143 e. The molecule has 3 heteroatoms. The molecule has 0 amide bonds. The zero-order valence-electron chi connectivity index (χ0n) is 31.2. The number of fused-ring (bicyclic) bond motifs is 6. The monoisotopic (exact) mass is 731 g/mol. The van der Waals surface area contributed by atoms with E-state index in [1.165, 1.54) is 33.2 Å². The Hall–Kier alpha value is -7.36. The number of allylic oxidation sites excluding steroid dienone is 1. The quantitative estimate of drug-likeness (QED) is 0.163. The second-order valence-corrected chi connectivity index (χ2v) is 14.8. The fourth-order valence-electron chi connectivity index (χ4n) is 8.58. The number of nitrogens with zero attached hydrogens (tertiary/aromatic N) is 1. The molecule has 0 fully saturated rings. The summed E-state index contributed by atoms with van der Waals surface area (Å²) in [4.78, 5) is 2.35. The van der Waals surface area contributed by atoms with Gasteiger partial charge in [-0.2, -0.15) is 0 Å². The molecule has 1 aliphatic carbocycles. The third kappa shape index (κ3) is 5.84. The van der Waals surface area contributed by atoms with Crippen molar-refractivity contribution in [3.8, 4) is 33.4 Å². The average molecular weight is 732 g/mol. The number of benzene rings is 8. The van der Waals surface area contributed by atoms with Crippen LogP contribution in [0.25, 0.3) is 71.9 Å². The van der Waals surface area contributed by atoms with Gasteiger partial charge < -0.3 is 13.7 Å². The van der Waals surface area contributed by atoms with Gasteiger partial charge in [0.1, 0.15) is 22.5 Å². The third-order valence-corrected chi connectivity index (χ3v) is 11.4. The maximum Gasteiger partial charge on any atom is 0.143 e. The lowest BCUT2D eigenvalue weighted by molar-refractivity contribution is 0.591. The predicted octanol–water partition coefficient (Wildman–Crippen LogP) is 15.2. The van der Waals surface area contributed by atoms with Crippen LogP contribution in [0.4, 0.5) is 17.1 Å². The minimum absolute atomic E-state index is 0.904. The van der Waals surface area contributed by atoms with E-state index in [4.69, 9.17) is 8.83 Å². The fraction of sp³-hybridized carbons (Fsp3) is 0.0370. The average Bonchev–Trinajstić information content (AvgIpc) is 3.86. The highest BCUT2D eigenvalue weighted by atomic mass is 16.3. The van der Waals surface area contributed by atoms with Crippen molar-refractivity contribution >= 4 is 55.5 Å². The van der Waals surface area contributed by atoms with Crippen LogP contribution in [0.15, 0.2) is 209 Å². The summed E-state index contributed by atoms with van der Waals surface area (Å²) >= 11 is 0. The van der Waals surface area contributed by atoms with Crippen LogP contribution in [0.3, 0.4) is 0 Å². The first-order valence-corrected chi connectivity index (χ1v) is 19.6. The van der Waals surface area contributed by atoms with Crippen molar-refractivity contribution in [2.45, 2.75) is 12.8 Å². The molecule has 11 rings (SSSR count). The molecule has 0 unspecified atom stereocenters. The van der Waals surface area contributed by atoms with Crippen LogP contribution >= 0.6 is 0 Å². The maximum atomic E-state index is 6.53. The van der Waals surface area contributed by atoms with Crippen molar-refractivity contribution in [1.29, 1.82) is 0 Å². The molecule has 10 aromatic rings. The molecule has 8 aromatic carbocycles. The fourth-order valence-corrected chi connectivity index (χ4v) is 8.58. The summed E-state index contributed by atoms with van der Waals surface area (Å²) in [6, 6.07) is 69.1. The molecular weight excluding hydrogens is 695 g/mol. The topological polar surface area (TPSA) is 29.5 Å². The van der Waals surface area contributed by atoms with E-state index < -0.39 is 0 Å². The number of hydrogen-bond acceptors (Lipinski definition) is 3. The second kappa shape index (κ2) is 13.7. The minimum atomic E-state index is 0.904. The lowest BCUT2D eigenvalue weighted by Gasteiger charge is -2.27. The molecule has 0 spiro atoms. The van der Waals surface area contributed by atoms with Crippen LogP contribution in [-0.2, 0) is 6.42 Å². The van der Waals surface area contributed by atoms with Crippen molar-refractivity contribution in [2.24, 2.45) is 0 Å². The Morgan fingerprint density at radius 3 is 1.65 bits per heavy atom. The number of para-hydroxylation sites is 3. The van der Waals surface area contributed by atoms with Crippen LogP contribution in [0.2, 0.25) is 0 Å². The molecule has 0 bridgehead atoms. The Kier molecular flexibility index (Phi) is 7.96. The van der Waals surface area contributed by atoms with Gasteiger partial charge in [0, 0.05) is 49.9 Å². The Bertz CT molecular complexity index is 3090. The van der Waals surface area contributed by atoms with Gasteiger partial charge in [0.15, 0.2) is 0 Å². The number of anilines is 3. The van der Waals surface area contributed by atoms with E-state index in [0.717, 1.165) is 85.4 Å². The molecule has 2 aromatic heterocycles. The molecule has 0 aliphatic heterocycles. The van der Waals surface area contributed by atoms with Gasteiger partial charge in [-0.3, -0.25) is 0 Å². The van der Waals surface area contributed by atoms with Gasteiger partial charge in [-0.1, -0.05) is 152 Å². The second-order valence-electron chi connectivity index (χ2n) is 14.8. The Labute approximate surface area is 331 Å². The maximum absolute atomic E-state index is 6.53. The van der Waals surface area contributed by atoms with E-state index in [2.05, 4.69) is 187 Å². The summed E-state index contributed by atoms with van der Waals surface area (Å²) in [7, 11) is 0. The molecular formula is C54H37NO2. The lowest BCUT2D eigenvalue weighted by atomic mass is 9.91. The van der Waals surface area contributed by atoms with E-state index >= 15 is 0 Å².